The van der Waals surface area contributed by atoms with Gasteiger partial charge < -0.3 is 0 Å². The average molecular weight is 384 g/mol. The van der Waals surface area contributed by atoms with Gasteiger partial charge in [-0.3, -0.25) is 14.7 Å². The van der Waals surface area contributed by atoms with Crippen molar-refractivity contribution in [1.82, 2.24) is 10.2 Å². The number of anilines is 1. The van der Waals surface area contributed by atoms with Crippen molar-refractivity contribution < 1.29 is 9.59 Å². The van der Waals surface area contributed by atoms with E-state index in [0.29, 0.717) is 5.56 Å². The third-order valence-corrected chi connectivity index (χ3v) is 5.11. The number of aromatic nitrogens is 2. The molecule has 1 unspecified atom stereocenters. The number of benzene rings is 1. The Kier molecular flexibility index (Phi) is 4.26. The van der Waals surface area contributed by atoms with Crippen molar-refractivity contribution >= 4 is 52.3 Å². The Morgan fingerprint density at radius 3 is 2.50 bits per heavy atom. The standard InChI is InChI=1S/C15H9Cl3N4O2/c1-6-2-9(23)22(15(6)24)14-8(3-19)10(7-4-20-21-5-7)11(16)12(17)13(14)18/h4-6H,2H2,1H3,(H,20,21). The maximum Gasteiger partial charge on any atom is 0.237 e. The highest BCUT2D eigenvalue weighted by molar-refractivity contribution is 6.51. The Balaban J connectivity index is 2.37. The number of aromatic amines is 1. The molecule has 0 spiro atoms. The van der Waals surface area contributed by atoms with Crippen LogP contribution in [-0.2, 0) is 9.59 Å². The van der Waals surface area contributed by atoms with Crippen LogP contribution in [0.3, 0.4) is 0 Å². The lowest BCUT2D eigenvalue weighted by molar-refractivity contribution is -0.122. The van der Waals surface area contributed by atoms with Crippen LogP contribution in [0.4, 0.5) is 5.69 Å². The molecule has 0 radical (unpaired) electrons. The third kappa shape index (κ3) is 2.37. The van der Waals surface area contributed by atoms with Crippen LogP contribution in [0.1, 0.15) is 18.9 Å². The van der Waals surface area contributed by atoms with Crippen LogP contribution in [0, 0.1) is 17.2 Å². The highest BCUT2D eigenvalue weighted by atomic mass is 35.5. The minimum Gasteiger partial charge on any atom is -0.285 e. The molecule has 1 saturated heterocycles. The predicted octanol–water partition coefficient (Wildman–Crippen LogP) is 3.81. The first kappa shape index (κ1) is 16.8. The van der Waals surface area contributed by atoms with E-state index in [1.807, 2.05) is 6.07 Å². The molecule has 0 aliphatic carbocycles. The van der Waals surface area contributed by atoms with Gasteiger partial charge in [-0.25, -0.2) is 4.90 Å². The van der Waals surface area contributed by atoms with Gasteiger partial charge in [-0.1, -0.05) is 41.7 Å². The summed E-state index contributed by atoms with van der Waals surface area (Å²) in [5, 5.41) is 16.0. The van der Waals surface area contributed by atoms with Gasteiger partial charge in [0.1, 0.15) is 6.07 Å². The summed E-state index contributed by atoms with van der Waals surface area (Å²) in [4.78, 5) is 25.5. The third-order valence-electron chi connectivity index (χ3n) is 3.79. The molecule has 1 aliphatic heterocycles. The van der Waals surface area contributed by atoms with E-state index in [2.05, 4.69) is 10.2 Å². The Morgan fingerprint density at radius 2 is 2.00 bits per heavy atom. The summed E-state index contributed by atoms with van der Waals surface area (Å²) in [6, 6.07) is 1.98. The largest absolute Gasteiger partial charge is 0.285 e. The van der Waals surface area contributed by atoms with Crippen molar-refractivity contribution in [3.05, 3.63) is 33.0 Å². The average Bonchev–Trinajstić information content (AvgIpc) is 3.15. The van der Waals surface area contributed by atoms with E-state index in [-0.39, 0.29) is 38.3 Å². The zero-order chi connectivity index (χ0) is 17.6. The summed E-state index contributed by atoms with van der Waals surface area (Å²) in [6.45, 7) is 1.63. The summed E-state index contributed by atoms with van der Waals surface area (Å²) in [7, 11) is 0. The number of hydrogen-bond acceptors (Lipinski definition) is 4. The van der Waals surface area contributed by atoms with Gasteiger partial charge in [-0.2, -0.15) is 10.4 Å². The summed E-state index contributed by atoms with van der Waals surface area (Å²) in [5.74, 6) is -1.37. The maximum absolute atomic E-state index is 12.4. The first-order valence-electron chi connectivity index (χ1n) is 6.85. The second kappa shape index (κ2) is 6.10. The van der Waals surface area contributed by atoms with Crippen molar-refractivity contribution in [3.63, 3.8) is 0 Å². The van der Waals surface area contributed by atoms with Crippen LogP contribution in [-0.4, -0.2) is 22.0 Å². The topological polar surface area (TPSA) is 89.8 Å². The fraction of sp³-hybridized carbons (Fsp3) is 0.200. The second-order valence-electron chi connectivity index (χ2n) is 5.31. The molecule has 122 valence electrons. The van der Waals surface area contributed by atoms with Crippen molar-refractivity contribution in [3.8, 4) is 17.2 Å². The Bertz CT molecular complexity index is 903. The smallest absolute Gasteiger partial charge is 0.237 e. The lowest BCUT2D eigenvalue weighted by Crippen LogP contribution is -2.31. The molecule has 0 saturated carbocycles. The van der Waals surface area contributed by atoms with Crippen LogP contribution >= 0.6 is 34.8 Å². The van der Waals surface area contributed by atoms with Gasteiger partial charge in [0.2, 0.25) is 11.8 Å². The summed E-state index contributed by atoms with van der Waals surface area (Å²) < 4.78 is 0. The lowest BCUT2D eigenvalue weighted by atomic mass is 10.0. The molecular weight excluding hydrogens is 375 g/mol. The first-order chi connectivity index (χ1) is 11.4. The van der Waals surface area contributed by atoms with Crippen LogP contribution in [0.5, 0.6) is 0 Å². The lowest BCUT2D eigenvalue weighted by Gasteiger charge is -2.21. The number of nitrogens with zero attached hydrogens (tertiary/aromatic N) is 3. The molecule has 6 nitrogen and oxygen atoms in total. The van der Waals surface area contributed by atoms with E-state index in [0.717, 1.165) is 4.90 Å². The minimum atomic E-state index is -0.494. The predicted molar refractivity (Wildman–Crippen MR) is 90.0 cm³/mol. The number of carbonyl (C=O) groups excluding carboxylic acids is 2. The molecule has 24 heavy (non-hydrogen) atoms. The zero-order valence-corrected chi connectivity index (χ0v) is 14.5. The molecule has 1 aliphatic rings. The molecule has 0 bridgehead atoms. The SMILES string of the molecule is CC1CC(=O)N(c2c(Cl)c(Cl)c(Cl)c(-c3cn[nH]c3)c2C#N)C1=O. The van der Waals surface area contributed by atoms with Crippen LogP contribution in [0.15, 0.2) is 12.4 Å². The maximum atomic E-state index is 12.4. The summed E-state index contributed by atoms with van der Waals surface area (Å²) in [6.07, 6.45) is 3.01. The fourth-order valence-corrected chi connectivity index (χ4v) is 3.45. The number of nitrogens with one attached hydrogen (secondary N) is 1. The number of nitriles is 1. The molecule has 1 fully saturated rings. The molecule has 1 N–H and O–H groups in total. The fourth-order valence-electron chi connectivity index (χ4n) is 2.64. The van der Waals surface area contributed by atoms with E-state index in [1.165, 1.54) is 12.4 Å². The number of halogens is 3. The molecule has 1 aromatic carbocycles. The van der Waals surface area contributed by atoms with Gasteiger partial charge in [0, 0.05) is 29.7 Å². The van der Waals surface area contributed by atoms with Gasteiger partial charge in [0.15, 0.2) is 0 Å². The minimum absolute atomic E-state index is 0.00778. The number of imide groups is 1. The number of H-pyrrole nitrogens is 1. The first-order valence-corrected chi connectivity index (χ1v) is 7.98. The number of hydrogen-bond donors (Lipinski definition) is 1. The molecule has 3 rings (SSSR count). The Hall–Kier alpha value is -2.07. The van der Waals surface area contributed by atoms with E-state index in [4.69, 9.17) is 34.8 Å². The van der Waals surface area contributed by atoms with Gasteiger partial charge >= 0.3 is 0 Å². The Labute approximate surface area is 151 Å². The number of amides is 2. The molecule has 9 heteroatoms. The van der Waals surface area contributed by atoms with E-state index >= 15 is 0 Å². The van der Waals surface area contributed by atoms with Crippen molar-refractivity contribution in [2.75, 3.05) is 4.90 Å². The Morgan fingerprint density at radius 1 is 1.29 bits per heavy atom. The molecule has 1 aromatic heterocycles. The van der Waals surface area contributed by atoms with Crippen molar-refractivity contribution in [1.29, 1.82) is 5.26 Å². The van der Waals surface area contributed by atoms with E-state index in [9.17, 15) is 14.9 Å². The zero-order valence-electron chi connectivity index (χ0n) is 12.2. The van der Waals surface area contributed by atoms with Crippen molar-refractivity contribution in [2.45, 2.75) is 13.3 Å². The number of rotatable bonds is 2. The summed E-state index contributed by atoms with van der Waals surface area (Å²) in [5.41, 5.74) is 0.705. The van der Waals surface area contributed by atoms with Crippen LogP contribution in [0.2, 0.25) is 15.1 Å². The monoisotopic (exact) mass is 382 g/mol. The number of carbonyl (C=O) groups is 2. The van der Waals surface area contributed by atoms with Gasteiger partial charge in [-0.05, 0) is 0 Å². The van der Waals surface area contributed by atoms with Crippen molar-refractivity contribution in [2.24, 2.45) is 5.92 Å². The highest BCUT2D eigenvalue weighted by Crippen LogP contribution is 2.48. The highest BCUT2D eigenvalue weighted by Gasteiger charge is 2.40. The molecular formula is C15H9Cl3N4O2. The molecule has 2 amide bonds. The van der Waals surface area contributed by atoms with E-state index < -0.39 is 17.7 Å². The van der Waals surface area contributed by atoms with E-state index in [1.54, 1.807) is 6.92 Å². The van der Waals surface area contributed by atoms with Crippen LogP contribution < -0.4 is 4.90 Å². The summed E-state index contributed by atoms with van der Waals surface area (Å²) >= 11 is 18.7. The molecule has 2 heterocycles. The van der Waals surface area contributed by atoms with Gasteiger partial charge in [0.25, 0.3) is 0 Å². The second-order valence-corrected chi connectivity index (χ2v) is 6.45. The normalized spacial score (nSPS) is 17.5. The van der Waals surface area contributed by atoms with Gasteiger partial charge in [0.05, 0.1) is 32.5 Å². The molecule has 2 aromatic rings. The molecule has 1 atom stereocenters. The van der Waals surface area contributed by atoms with Gasteiger partial charge in [-0.15, -0.1) is 0 Å². The quantitative estimate of drug-likeness (QED) is 0.631. The van der Waals surface area contributed by atoms with Crippen LogP contribution in [0.25, 0.3) is 11.1 Å².